The second-order valence-electron chi connectivity index (χ2n) is 10.4. The van der Waals surface area contributed by atoms with Crippen LogP contribution in [-0.2, 0) is 11.3 Å². The van der Waals surface area contributed by atoms with E-state index in [0.717, 1.165) is 22.9 Å². The predicted molar refractivity (Wildman–Crippen MR) is 168 cm³/mol. The number of aromatic nitrogens is 2. The van der Waals surface area contributed by atoms with Crippen molar-refractivity contribution in [1.82, 2.24) is 14.3 Å². The van der Waals surface area contributed by atoms with Gasteiger partial charge >= 0.3 is 0 Å². The highest BCUT2D eigenvalue weighted by atomic mass is 32.2. The van der Waals surface area contributed by atoms with Crippen LogP contribution >= 0.6 is 24.0 Å². The Kier molecular flexibility index (Phi) is 7.02. The van der Waals surface area contributed by atoms with E-state index < -0.39 is 0 Å². The monoisotopic (exact) mass is 615 g/mol. The maximum absolute atomic E-state index is 14.5. The van der Waals surface area contributed by atoms with Crippen LogP contribution in [0.25, 0.3) is 11.7 Å². The van der Waals surface area contributed by atoms with Crippen molar-refractivity contribution in [2.75, 3.05) is 42.8 Å². The Bertz CT molecular complexity index is 1890. The lowest BCUT2D eigenvalue weighted by Gasteiger charge is -2.37. The summed E-state index contributed by atoms with van der Waals surface area (Å²) >= 11 is 6.75. The zero-order valence-electron chi connectivity index (χ0n) is 23.2. The molecule has 2 fully saturated rings. The Labute approximate surface area is 256 Å². The molecular formula is C31H26FN5O4S2. The van der Waals surface area contributed by atoms with E-state index in [1.807, 2.05) is 47.1 Å². The van der Waals surface area contributed by atoms with E-state index in [9.17, 15) is 14.0 Å². The van der Waals surface area contributed by atoms with Crippen LogP contribution in [0, 0.1) is 12.7 Å². The minimum Gasteiger partial charge on any atom is -0.454 e. The summed E-state index contributed by atoms with van der Waals surface area (Å²) in [6.45, 7) is 4.47. The first kappa shape index (κ1) is 27.4. The van der Waals surface area contributed by atoms with Crippen LogP contribution in [0.3, 0.4) is 0 Å². The summed E-state index contributed by atoms with van der Waals surface area (Å²) in [7, 11) is 0. The third kappa shape index (κ3) is 5.00. The zero-order chi connectivity index (χ0) is 29.7. The van der Waals surface area contributed by atoms with E-state index in [0.29, 0.717) is 69.6 Å². The van der Waals surface area contributed by atoms with Gasteiger partial charge in [0, 0.05) is 32.4 Å². The highest BCUT2D eigenvalue weighted by Gasteiger charge is 2.34. The fourth-order valence-corrected chi connectivity index (χ4v) is 6.76. The predicted octanol–water partition coefficient (Wildman–Crippen LogP) is 4.60. The molecule has 2 saturated heterocycles. The molecule has 12 heteroatoms. The van der Waals surface area contributed by atoms with Gasteiger partial charge in [-0.3, -0.25) is 18.9 Å². The van der Waals surface area contributed by atoms with Gasteiger partial charge in [0.25, 0.3) is 11.5 Å². The largest absolute Gasteiger partial charge is 0.454 e. The number of ether oxygens (including phenoxy) is 2. The van der Waals surface area contributed by atoms with Gasteiger partial charge in [0.15, 0.2) is 11.5 Å². The van der Waals surface area contributed by atoms with Gasteiger partial charge in [0.2, 0.25) is 6.79 Å². The van der Waals surface area contributed by atoms with Gasteiger partial charge in [-0.15, -0.1) is 0 Å². The second kappa shape index (κ2) is 11.0. The number of thioether (sulfide) groups is 1. The molecule has 0 radical (unpaired) electrons. The second-order valence-corrected chi connectivity index (χ2v) is 12.1. The molecule has 7 rings (SSSR count). The van der Waals surface area contributed by atoms with Crippen molar-refractivity contribution in [2.45, 2.75) is 13.5 Å². The van der Waals surface area contributed by atoms with Gasteiger partial charge < -0.3 is 19.3 Å². The number of thiocarbonyl (C=S) groups is 1. The van der Waals surface area contributed by atoms with Crippen LogP contribution in [0.15, 0.2) is 70.5 Å². The van der Waals surface area contributed by atoms with Crippen LogP contribution in [0.4, 0.5) is 15.9 Å². The molecule has 9 nitrogen and oxygen atoms in total. The summed E-state index contributed by atoms with van der Waals surface area (Å²) in [5.41, 5.74) is 2.83. The van der Waals surface area contributed by atoms with Crippen molar-refractivity contribution in [3.63, 3.8) is 0 Å². The topological polar surface area (TPSA) is 79.6 Å². The number of carbonyl (C=O) groups excluding carboxylic acids is 1. The molecule has 4 aromatic rings. The Balaban J connectivity index is 1.22. The lowest BCUT2D eigenvalue weighted by atomic mass is 10.1. The average Bonchev–Trinajstić information content (AvgIpc) is 3.59. The summed E-state index contributed by atoms with van der Waals surface area (Å²) < 4.78 is 27.3. The van der Waals surface area contributed by atoms with Crippen LogP contribution < -0.4 is 24.8 Å². The molecule has 0 N–H and O–H groups in total. The highest BCUT2D eigenvalue weighted by Crippen LogP contribution is 2.37. The van der Waals surface area contributed by atoms with E-state index in [1.54, 1.807) is 30.5 Å². The lowest BCUT2D eigenvalue weighted by Crippen LogP contribution is -2.47. The number of fused-ring (bicyclic) bond motifs is 2. The van der Waals surface area contributed by atoms with Crippen molar-refractivity contribution in [3.05, 3.63) is 98.6 Å². The molecule has 3 aliphatic heterocycles. The molecule has 0 saturated carbocycles. The number of anilines is 2. The fourth-order valence-electron chi connectivity index (χ4n) is 5.52. The number of hydrogen-bond donors (Lipinski definition) is 0. The Hall–Kier alpha value is -4.42. The molecule has 2 aromatic heterocycles. The van der Waals surface area contributed by atoms with Crippen molar-refractivity contribution >= 4 is 57.4 Å². The van der Waals surface area contributed by atoms with Crippen molar-refractivity contribution in [1.29, 1.82) is 0 Å². The van der Waals surface area contributed by atoms with Gasteiger partial charge in [0.1, 0.15) is 21.6 Å². The van der Waals surface area contributed by atoms with Crippen LogP contribution in [0.5, 0.6) is 11.5 Å². The summed E-state index contributed by atoms with van der Waals surface area (Å²) in [5, 5.41) is 0. The van der Waals surface area contributed by atoms with Crippen molar-refractivity contribution in [2.24, 2.45) is 0 Å². The van der Waals surface area contributed by atoms with E-state index in [2.05, 4.69) is 0 Å². The van der Waals surface area contributed by atoms with E-state index in [-0.39, 0.29) is 30.6 Å². The highest BCUT2D eigenvalue weighted by molar-refractivity contribution is 8.26. The molecule has 43 heavy (non-hydrogen) atoms. The number of amides is 1. The SMILES string of the molecule is Cc1cccn2c(=O)c(C=C3SC(=S)N(Cc4ccc5c(c4)OCO5)C3=O)c(N3CCN(c4ccccc4F)CC3)nc12. The number of rotatable bonds is 5. The molecule has 0 aliphatic carbocycles. The number of para-hydroxylation sites is 1. The minimum absolute atomic E-state index is 0.165. The molecule has 3 aliphatic rings. The molecule has 5 heterocycles. The molecule has 0 atom stereocenters. The number of benzene rings is 2. The summed E-state index contributed by atoms with van der Waals surface area (Å²) in [4.78, 5) is 38.4. The first-order valence-corrected chi connectivity index (χ1v) is 15.0. The smallest absolute Gasteiger partial charge is 0.267 e. The third-order valence-corrected chi connectivity index (χ3v) is 9.14. The van der Waals surface area contributed by atoms with Gasteiger partial charge in [-0.1, -0.05) is 48.2 Å². The summed E-state index contributed by atoms with van der Waals surface area (Å²) in [6, 6.07) is 15.9. The van der Waals surface area contributed by atoms with Gasteiger partial charge in [-0.25, -0.2) is 9.37 Å². The number of piperazine rings is 1. The summed E-state index contributed by atoms with van der Waals surface area (Å²) in [5.74, 6) is 1.24. The minimum atomic E-state index is -0.281. The zero-order valence-corrected chi connectivity index (χ0v) is 24.8. The maximum Gasteiger partial charge on any atom is 0.267 e. The van der Waals surface area contributed by atoms with Crippen molar-refractivity contribution < 1.29 is 18.7 Å². The molecule has 2 aromatic carbocycles. The quantitative estimate of drug-likeness (QED) is 0.237. The number of carbonyl (C=O) groups is 1. The Morgan fingerprint density at radius 3 is 2.58 bits per heavy atom. The molecule has 0 unspecified atom stereocenters. The van der Waals surface area contributed by atoms with Gasteiger partial charge in [-0.2, -0.15) is 0 Å². The fraction of sp³-hybridized carbons (Fsp3) is 0.226. The van der Waals surface area contributed by atoms with E-state index in [4.69, 9.17) is 26.7 Å². The van der Waals surface area contributed by atoms with Crippen LogP contribution in [0.1, 0.15) is 16.7 Å². The normalized spacial score (nSPS) is 17.5. The van der Waals surface area contributed by atoms with Crippen LogP contribution in [0.2, 0.25) is 0 Å². The maximum atomic E-state index is 14.5. The van der Waals surface area contributed by atoms with E-state index in [1.165, 1.54) is 15.4 Å². The molecule has 0 spiro atoms. The van der Waals surface area contributed by atoms with Crippen LogP contribution in [-0.4, -0.2) is 57.5 Å². The summed E-state index contributed by atoms with van der Waals surface area (Å²) in [6.07, 6.45) is 3.29. The molecule has 0 bridgehead atoms. The van der Waals surface area contributed by atoms with Gasteiger partial charge in [0.05, 0.1) is 22.7 Å². The van der Waals surface area contributed by atoms with Gasteiger partial charge in [-0.05, 0) is 54.5 Å². The third-order valence-electron chi connectivity index (χ3n) is 7.76. The Morgan fingerprint density at radius 1 is 1.00 bits per heavy atom. The molecule has 218 valence electrons. The number of aryl methyl sites for hydroxylation is 1. The number of nitrogens with zero attached hydrogens (tertiary/aromatic N) is 5. The average molecular weight is 616 g/mol. The molecule has 1 amide bonds. The number of pyridine rings is 1. The number of hydrogen-bond acceptors (Lipinski definition) is 9. The van der Waals surface area contributed by atoms with E-state index >= 15 is 0 Å². The molecular weight excluding hydrogens is 590 g/mol. The van der Waals surface area contributed by atoms with Crippen molar-refractivity contribution in [3.8, 4) is 11.5 Å². The number of halogens is 1. The first-order chi connectivity index (χ1) is 20.9. The standard InChI is InChI=1S/C31H26FN5O4S2/c1-19-5-4-10-36-27(19)33-28(35-13-11-34(12-14-35)23-7-3-2-6-22(23)32)21(29(36)38)16-26-30(39)37(31(42)43-26)17-20-8-9-24-25(15-20)41-18-40-24/h2-10,15-16H,11-14,17-18H2,1H3. The Morgan fingerprint density at radius 2 is 1.77 bits per heavy atom. The lowest BCUT2D eigenvalue weighted by molar-refractivity contribution is -0.122. The first-order valence-electron chi connectivity index (χ1n) is 13.8.